The van der Waals surface area contributed by atoms with Gasteiger partial charge < -0.3 is 15.8 Å². The zero-order valence-electron chi connectivity index (χ0n) is 11.9. The molecule has 1 heterocycles. The number of phenolic OH excluding ortho intramolecular Hbond substituents is 1. The normalized spacial score (nSPS) is 11.1. The van der Waals surface area contributed by atoms with Crippen LogP contribution < -0.4 is 16.6 Å². The second-order valence-electron chi connectivity index (χ2n) is 4.74. The number of alkyl halides is 3. The summed E-state index contributed by atoms with van der Waals surface area (Å²) in [4.78, 5) is 3.94. The summed E-state index contributed by atoms with van der Waals surface area (Å²) in [6.45, 7) is 0. The second kappa shape index (κ2) is 5.66. The first-order valence-electron chi connectivity index (χ1n) is 6.24. The Hall–Kier alpha value is -2.99. The third kappa shape index (κ3) is 3.12. The molecule has 6 nitrogen and oxygen atoms in total. The molecule has 0 fully saturated rings. The molecule has 1 aromatic heterocycles. The van der Waals surface area contributed by atoms with Crippen molar-refractivity contribution in [1.29, 1.82) is 5.26 Å². The summed E-state index contributed by atoms with van der Waals surface area (Å²) >= 11 is 0. The fourth-order valence-corrected chi connectivity index (χ4v) is 1.99. The van der Waals surface area contributed by atoms with Crippen LogP contribution in [0.3, 0.4) is 0 Å². The van der Waals surface area contributed by atoms with Crippen molar-refractivity contribution in [2.45, 2.75) is 6.18 Å². The number of pyridine rings is 1. The van der Waals surface area contributed by atoms with Gasteiger partial charge in [-0.05, 0) is 24.3 Å². The van der Waals surface area contributed by atoms with Gasteiger partial charge in [0.1, 0.15) is 11.8 Å². The molecule has 23 heavy (non-hydrogen) atoms. The molecule has 0 spiro atoms. The second-order valence-corrected chi connectivity index (χ2v) is 4.74. The molecule has 1 aromatic carbocycles. The Bertz CT molecular complexity index is 796. The number of nitrogens with two attached hydrogens (primary N) is 2. The maximum atomic E-state index is 12.9. The minimum absolute atomic E-state index is 0.0241. The number of aromatic nitrogens is 1. The summed E-state index contributed by atoms with van der Waals surface area (Å²) in [5, 5.41) is 19.5. The number of nitrogens with zero attached hydrogens (tertiary/aromatic N) is 3. The maximum Gasteiger partial charge on any atom is 0.419 e. The lowest BCUT2D eigenvalue weighted by Crippen LogP contribution is -2.26. The van der Waals surface area contributed by atoms with Crippen LogP contribution in [0.2, 0.25) is 0 Å². The van der Waals surface area contributed by atoms with Crippen LogP contribution in [-0.2, 0) is 6.18 Å². The first kappa shape index (κ1) is 16.4. The van der Waals surface area contributed by atoms with E-state index in [-0.39, 0.29) is 28.3 Å². The molecule has 5 N–H and O–H groups in total. The quantitative estimate of drug-likeness (QED) is 0.577. The van der Waals surface area contributed by atoms with Gasteiger partial charge >= 0.3 is 6.18 Å². The topological polar surface area (TPSA) is 112 Å². The molecule has 0 amide bonds. The number of hydrazine groups is 1. The summed E-state index contributed by atoms with van der Waals surface area (Å²) in [6, 6.07) is 6.04. The van der Waals surface area contributed by atoms with Crippen molar-refractivity contribution < 1.29 is 18.3 Å². The maximum absolute atomic E-state index is 12.9. The Balaban J connectivity index is 2.68. The number of benzene rings is 1. The van der Waals surface area contributed by atoms with Crippen LogP contribution in [0.1, 0.15) is 11.3 Å². The van der Waals surface area contributed by atoms with Crippen LogP contribution >= 0.6 is 0 Å². The van der Waals surface area contributed by atoms with E-state index >= 15 is 0 Å². The van der Waals surface area contributed by atoms with Gasteiger partial charge in [-0.3, -0.25) is 0 Å². The minimum atomic E-state index is -4.72. The van der Waals surface area contributed by atoms with Gasteiger partial charge in [0.05, 0.1) is 22.6 Å². The summed E-state index contributed by atoms with van der Waals surface area (Å²) in [7, 11) is 1.47. The van der Waals surface area contributed by atoms with Crippen LogP contribution in [0, 0.1) is 11.3 Å². The molecule has 0 unspecified atom stereocenters. The van der Waals surface area contributed by atoms with Crippen LogP contribution in [0.5, 0.6) is 5.75 Å². The Labute approximate surface area is 129 Å². The number of nitrogen functional groups attached to an aromatic ring is 1. The Morgan fingerprint density at radius 3 is 2.48 bits per heavy atom. The van der Waals surface area contributed by atoms with Crippen molar-refractivity contribution >= 4 is 11.4 Å². The predicted molar refractivity (Wildman–Crippen MR) is 78.1 cm³/mol. The van der Waals surface area contributed by atoms with Crippen LogP contribution in [0.25, 0.3) is 11.3 Å². The lowest BCUT2D eigenvalue weighted by molar-refractivity contribution is -0.138. The molecular weight excluding hydrogens is 311 g/mol. The van der Waals surface area contributed by atoms with E-state index in [1.165, 1.54) is 19.2 Å². The lowest BCUT2D eigenvalue weighted by atomic mass is 10.0. The Morgan fingerprint density at radius 1 is 1.30 bits per heavy atom. The van der Waals surface area contributed by atoms with Crippen LogP contribution in [0.15, 0.2) is 24.3 Å². The smallest absolute Gasteiger partial charge is 0.419 e. The van der Waals surface area contributed by atoms with Gasteiger partial charge in [0, 0.05) is 12.6 Å². The number of aromatic hydroxyl groups is 1. The van der Waals surface area contributed by atoms with Crippen LogP contribution in [-0.4, -0.2) is 17.1 Å². The third-order valence-corrected chi connectivity index (χ3v) is 3.12. The molecule has 9 heteroatoms. The van der Waals surface area contributed by atoms with Gasteiger partial charge in [0.25, 0.3) is 0 Å². The van der Waals surface area contributed by atoms with Gasteiger partial charge in [-0.1, -0.05) is 0 Å². The van der Waals surface area contributed by atoms with Crippen molar-refractivity contribution in [3.8, 4) is 23.1 Å². The fourth-order valence-electron chi connectivity index (χ4n) is 1.99. The molecule has 120 valence electrons. The summed E-state index contributed by atoms with van der Waals surface area (Å²) in [5.41, 5.74) is 4.79. The van der Waals surface area contributed by atoms with Gasteiger partial charge in [-0.2, -0.15) is 18.4 Å². The summed E-state index contributed by atoms with van der Waals surface area (Å²) in [6.07, 6.45) is -4.72. The number of phenols is 1. The highest BCUT2D eigenvalue weighted by Gasteiger charge is 2.34. The summed E-state index contributed by atoms with van der Waals surface area (Å²) < 4.78 is 38.6. The molecule has 0 atom stereocenters. The minimum Gasteiger partial charge on any atom is -0.507 e. The zero-order chi connectivity index (χ0) is 17.4. The third-order valence-electron chi connectivity index (χ3n) is 3.12. The van der Waals surface area contributed by atoms with Crippen molar-refractivity contribution in [3.05, 3.63) is 35.5 Å². The average Bonchev–Trinajstić information content (AvgIpc) is 2.46. The molecule has 0 aliphatic heterocycles. The van der Waals surface area contributed by atoms with E-state index in [9.17, 15) is 18.3 Å². The monoisotopic (exact) mass is 323 g/mol. The number of rotatable bonds is 2. The van der Waals surface area contributed by atoms with Crippen molar-refractivity contribution in [1.82, 2.24) is 4.98 Å². The van der Waals surface area contributed by atoms with E-state index in [0.717, 1.165) is 17.1 Å². The zero-order valence-corrected chi connectivity index (χ0v) is 11.9. The standard InChI is InChI=1S/C14H12F3N5O/c1-22(20)11-5-9(21-10(6-18)13(11)19)7-2-3-12(23)8(4-7)14(15,16)17/h2-5,23H,19-20H2,1H3. The number of nitriles is 1. The predicted octanol–water partition coefficient (Wildman–Crippen LogP) is 2.24. The van der Waals surface area contributed by atoms with Crippen molar-refractivity contribution in [2.75, 3.05) is 17.8 Å². The molecule has 0 aliphatic rings. The van der Waals surface area contributed by atoms with E-state index in [4.69, 9.17) is 16.8 Å². The highest BCUT2D eigenvalue weighted by molar-refractivity contribution is 5.77. The Kier molecular flexibility index (Phi) is 4.03. The van der Waals surface area contributed by atoms with E-state index < -0.39 is 17.5 Å². The van der Waals surface area contributed by atoms with Crippen LogP contribution in [0.4, 0.5) is 24.5 Å². The molecule has 0 aliphatic carbocycles. The lowest BCUT2D eigenvalue weighted by Gasteiger charge is -2.17. The highest BCUT2D eigenvalue weighted by Crippen LogP contribution is 2.38. The first-order chi connectivity index (χ1) is 10.6. The van der Waals surface area contributed by atoms with Crippen molar-refractivity contribution in [3.63, 3.8) is 0 Å². The SMILES string of the molecule is CN(N)c1cc(-c2ccc(O)c(C(F)(F)F)c2)nc(C#N)c1N. The van der Waals surface area contributed by atoms with Gasteiger partial charge in [-0.25, -0.2) is 10.8 Å². The molecule has 0 saturated carbocycles. The number of anilines is 2. The van der Waals surface area contributed by atoms with Gasteiger partial charge in [0.2, 0.25) is 0 Å². The fraction of sp³-hybridized carbons (Fsp3) is 0.143. The van der Waals surface area contributed by atoms with E-state index in [1.807, 2.05) is 0 Å². The highest BCUT2D eigenvalue weighted by atomic mass is 19.4. The molecule has 2 rings (SSSR count). The van der Waals surface area contributed by atoms with Crippen molar-refractivity contribution in [2.24, 2.45) is 5.84 Å². The van der Waals surface area contributed by atoms with Gasteiger partial charge in [0.15, 0.2) is 5.69 Å². The largest absolute Gasteiger partial charge is 0.507 e. The first-order valence-corrected chi connectivity index (χ1v) is 6.24. The van der Waals surface area contributed by atoms with E-state index in [0.29, 0.717) is 0 Å². The molecule has 2 aromatic rings. The average molecular weight is 323 g/mol. The number of halogens is 3. The Morgan fingerprint density at radius 2 is 1.96 bits per heavy atom. The molecule has 0 bridgehead atoms. The van der Waals surface area contributed by atoms with Gasteiger partial charge in [-0.15, -0.1) is 0 Å². The number of hydrogen-bond donors (Lipinski definition) is 3. The van der Waals surface area contributed by atoms with E-state index in [1.54, 1.807) is 6.07 Å². The molecule has 0 saturated heterocycles. The van der Waals surface area contributed by atoms with E-state index in [2.05, 4.69) is 4.98 Å². The number of hydrogen-bond acceptors (Lipinski definition) is 6. The molecular formula is C14H12F3N5O. The molecule has 0 radical (unpaired) electrons. The summed E-state index contributed by atoms with van der Waals surface area (Å²) in [5.74, 6) is 4.71.